The molecule has 1 amide bonds. The fourth-order valence-electron chi connectivity index (χ4n) is 3.44. The molecule has 2 aromatic carbocycles. The standard InChI is InChI=1S/C22H28ClN3O4S2/c1-3-25(4-2)20-10-9-17(32(28,29)26-11-13-30-14-12-26)15-19(20)24-22(27)16-31-21-8-6-5-7-18(21)23/h5-10,15H,3-4,11-14,16H2,1-2H3,(H,24,27). The van der Waals surface area contributed by atoms with E-state index in [2.05, 4.69) is 10.2 Å². The van der Waals surface area contributed by atoms with Gasteiger partial charge in [-0.1, -0.05) is 23.7 Å². The third-order valence-electron chi connectivity index (χ3n) is 5.15. The van der Waals surface area contributed by atoms with Crippen LogP contribution in [0.2, 0.25) is 5.02 Å². The van der Waals surface area contributed by atoms with Crippen LogP contribution in [0.5, 0.6) is 0 Å². The van der Waals surface area contributed by atoms with Crippen LogP contribution in [0.4, 0.5) is 11.4 Å². The highest BCUT2D eigenvalue weighted by Crippen LogP contribution is 2.31. The first-order valence-electron chi connectivity index (χ1n) is 10.5. The van der Waals surface area contributed by atoms with Gasteiger partial charge in [-0.25, -0.2) is 8.42 Å². The number of hydrogen-bond acceptors (Lipinski definition) is 6. The second-order valence-electron chi connectivity index (χ2n) is 7.13. The SMILES string of the molecule is CCN(CC)c1ccc(S(=O)(=O)N2CCOCC2)cc1NC(=O)CSc1ccccc1Cl. The number of nitrogens with one attached hydrogen (secondary N) is 1. The van der Waals surface area contributed by atoms with Crippen LogP contribution >= 0.6 is 23.4 Å². The highest BCUT2D eigenvalue weighted by Gasteiger charge is 2.27. The number of carbonyl (C=O) groups excluding carboxylic acids is 1. The van der Waals surface area contributed by atoms with E-state index in [4.69, 9.17) is 16.3 Å². The molecule has 1 aliphatic heterocycles. The zero-order valence-corrected chi connectivity index (χ0v) is 20.6. The maximum atomic E-state index is 13.1. The van der Waals surface area contributed by atoms with Gasteiger partial charge in [0, 0.05) is 31.1 Å². The quantitative estimate of drug-likeness (QED) is 0.529. The summed E-state index contributed by atoms with van der Waals surface area (Å²) in [6.07, 6.45) is 0. The first kappa shape index (κ1) is 24.9. The lowest BCUT2D eigenvalue weighted by Crippen LogP contribution is -2.40. The lowest BCUT2D eigenvalue weighted by molar-refractivity contribution is -0.113. The molecule has 1 N–H and O–H groups in total. The first-order chi connectivity index (χ1) is 15.4. The molecule has 1 heterocycles. The van der Waals surface area contributed by atoms with Crippen LogP contribution in [0.3, 0.4) is 0 Å². The largest absolute Gasteiger partial charge is 0.379 e. The van der Waals surface area contributed by atoms with E-state index in [-0.39, 0.29) is 16.6 Å². The lowest BCUT2D eigenvalue weighted by atomic mass is 10.2. The summed E-state index contributed by atoms with van der Waals surface area (Å²) in [6, 6.07) is 12.3. The molecule has 0 spiro atoms. The van der Waals surface area contributed by atoms with Crippen molar-refractivity contribution >= 4 is 50.7 Å². The zero-order valence-electron chi connectivity index (χ0n) is 18.2. The van der Waals surface area contributed by atoms with E-state index in [9.17, 15) is 13.2 Å². The number of thioether (sulfide) groups is 1. The van der Waals surface area contributed by atoms with Crippen molar-refractivity contribution < 1.29 is 17.9 Å². The van der Waals surface area contributed by atoms with Gasteiger partial charge in [-0.05, 0) is 44.2 Å². The van der Waals surface area contributed by atoms with E-state index < -0.39 is 10.0 Å². The van der Waals surface area contributed by atoms with Crippen molar-refractivity contribution in [2.75, 3.05) is 55.4 Å². The molecule has 0 aliphatic carbocycles. The second kappa shape index (κ2) is 11.4. The van der Waals surface area contributed by atoms with E-state index in [1.54, 1.807) is 24.3 Å². The number of anilines is 2. The van der Waals surface area contributed by atoms with Crippen molar-refractivity contribution in [3.63, 3.8) is 0 Å². The highest BCUT2D eigenvalue weighted by molar-refractivity contribution is 8.00. The predicted molar refractivity (Wildman–Crippen MR) is 130 cm³/mol. The van der Waals surface area contributed by atoms with Gasteiger partial charge < -0.3 is 15.0 Å². The summed E-state index contributed by atoms with van der Waals surface area (Å²) in [5.41, 5.74) is 1.26. The number of ether oxygens (including phenoxy) is 1. The predicted octanol–water partition coefficient (Wildman–Crippen LogP) is 3.94. The van der Waals surface area contributed by atoms with Crippen molar-refractivity contribution in [1.29, 1.82) is 0 Å². The molecule has 3 rings (SSSR count). The van der Waals surface area contributed by atoms with Crippen molar-refractivity contribution in [2.45, 2.75) is 23.6 Å². The maximum absolute atomic E-state index is 13.1. The molecule has 10 heteroatoms. The van der Waals surface area contributed by atoms with Crippen LogP contribution < -0.4 is 10.2 Å². The van der Waals surface area contributed by atoms with E-state index in [1.165, 1.54) is 16.1 Å². The summed E-state index contributed by atoms with van der Waals surface area (Å²) in [4.78, 5) is 15.8. The molecule has 2 aromatic rings. The van der Waals surface area contributed by atoms with E-state index >= 15 is 0 Å². The summed E-state index contributed by atoms with van der Waals surface area (Å²) < 4.78 is 32.9. The Morgan fingerprint density at radius 3 is 2.50 bits per heavy atom. The number of morpholine rings is 1. The fraction of sp³-hybridized carbons (Fsp3) is 0.409. The second-order valence-corrected chi connectivity index (χ2v) is 10.5. The van der Waals surface area contributed by atoms with Crippen molar-refractivity contribution in [3.8, 4) is 0 Å². The molecule has 0 bridgehead atoms. The molecule has 1 saturated heterocycles. The van der Waals surface area contributed by atoms with Crippen LogP contribution in [-0.2, 0) is 19.6 Å². The number of rotatable bonds is 9. The van der Waals surface area contributed by atoms with Gasteiger partial charge in [0.2, 0.25) is 15.9 Å². The minimum atomic E-state index is -3.68. The fourth-order valence-corrected chi connectivity index (χ4v) is 5.92. The van der Waals surface area contributed by atoms with E-state index in [1.807, 2.05) is 32.0 Å². The number of hydrogen-bond donors (Lipinski definition) is 1. The van der Waals surface area contributed by atoms with Crippen LogP contribution in [0.25, 0.3) is 0 Å². The molecule has 0 unspecified atom stereocenters. The molecule has 7 nitrogen and oxygen atoms in total. The first-order valence-corrected chi connectivity index (χ1v) is 13.3. The van der Waals surface area contributed by atoms with Gasteiger partial charge in [-0.2, -0.15) is 4.31 Å². The van der Waals surface area contributed by atoms with Crippen molar-refractivity contribution in [1.82, 2.24) is 4.31 Å². The van der Waals surface area contributed by atoms with Gasteiger partial charge in [-0.15, -0.1) is 11.8 Å². The van der Waals surface area contributed by atoms with Gasteiger partial charge in [0.1, 0.15) is 0 Å². The molecule has 0 radical (unpaired) electrons. The number of carbonyl (C=O) groups is 1. The Morgan fingerprint density at radius 2 is 1.84 bits per heavy atom. The summed E-state index contributed by atoms with van der Waals surface area (Å²) in [6.45, 7) is 6.86. The smallest absolute Gasteiger partial charge is 0.243 e. The van der Waals surface area contributed by atoms with Crippen molar-refractivity contribution in [3.05, 3.63) is 47.5 Å². The molecule has 0 atom stereocenters. The Kier molecular flexibility index (Phi) is 8.84. The van der Waals surface area contributed by atoms with Gasteiger partial charge >= 0.3 is 0 Å². The van der Waals surface area contributed by atoms with Gasteiger partial charge in [0.15, 0.2) is 0 Å². The van der Waals surface area contributed by atoms with Gasteiger partial charge in [0.25, 0.3) is 0 Å². The summed E-state index contributed by atoms with van der Waals surface area (Å²) in [7, 11) is -3.68. The third-order valence-corrected chi connectivity index (χ3v) is 8.56. The van der Waals surface area contributed by atoms with Crippen molar-refractivity contribution in [2.24, 2.45) is 0 Å². The average molecular weight is 498 g/mol. The normalized spacial score (nSPS) is 14.8. The molecule has 0 aromatic heterocycles. The van der Waals surface area contributed by atoms with Gasteiger partial charge in [0.05, 0.1) is 40.3 Å². The molecular weight excluding hydrogens is 470 g/mol. The van der Waals surface area contributed by atoms with Crippen LogP contribution in [0.1, 0.15) is 13.8 Å². The molecule has 32 heavy (non-hydrogen) atoms. The van der Waals surface area contributed by atoms with Crippen LogP contribution in [0, 0.1) is 0 Å². The van der Waals surface area contributed by atoms with Gasteiger partial charge in [-0.3, -0.25) is 4.79 Å². The molecular formula is C22H28ClN3O4S2. The average Bonchev–Trinajstić information content (AvgIpc) is 2.80. The minimum Gasteiger partial charge on any atom is -0.379 e. The minimum absolute atomic E-state index is 0.155. The number of benzene rings is 2. The third kappa shape index (κ3) is 5.96. The summed E-state index contributed by atoms with van der Waals surface area (Å²) >= 11 is 7.51. The molecule has 0 saturated carbocycles. The van der Waals surface area contributed by atoms with E-state index in [0.29, 0.717) is 37.0 Å². The maximum Gasteiger partial charge on any atom is 0.243 e. The Bertz CT molecular complexity index is 1040. The summed E-state index contributed by atoms with van der Waals surface area (Å²) in [5, 5.41) is 3.50. The topological polar surface area (TPSA) is 79.0 Å². The highest BCUT2D eigenvalue weighted by atomic mass is 35.5. The molecule has 174 valence electrons. The number of nitrogens with zero attached hydrogens (tertiary/aromatic N) is 2. The number of sulfonamides is 1. The van der Waals surface area contributed by atoms with Crippen LogP contribution in [0.15, 0.2) is 52.3 Å². The Morgan fingerprint density at radius 1 is 1.16 bits per heavy atom. The summed E-state index contributed by atoms with van der Waals surface area (Å²) in [5.74, 6) is -0.0776. The number of amides is 1. The molecule has 1 fully saturated rings. The van der Waals surface area contributed by atoms with E-state index in [0.717, 1.165) is 23.7 Å². The monoisotopic (exact) mass is 497 g/mol. The molecule has 1 aliphatic rings. The van der Waals surface area contributed by atoms with Crippen LogP contribution in [-0.4, -0.2) is 63.8 Å². The Hall–Kier alpha value is -1.78. The number of halogens is 1. The Labute approximate surface area is 199 Å². The zero-order chi connectivity index (χ0) is 23.1. The lowest BCUT2D eigenvalue weighted by Gasteiger charge is -2.28. The Balaban J connectivity index is 1.84.